The number of aryl methyl sites for hydroxylation is 1. The van der Waals surface area contributed by atoms with Gasteiger partial charge in [0.15, 0.2) is 0 Å². The maximum Gasteiger partial charge on any atom is 0.239 e. The highest BCUT2D eigenvalue weighted by molar-refractivity contribution is 5.83. The lowest BCUT2D eigenvalue weighted by molar-refractivity contribution is -0.139. The molecule has 1 aliphatic rings. The summed E-state index contributed by atoms with van der Waals surface area (Å²) in [7, 11) is 1.92. The SMILES string of the molecule is Cc1ccccc1OCCN(C)[C@@H](C)C(=O)N1CCC[C@H](C(N)=O)C1. The Balaban J connectivity index is 1.82. The highest BCUT2D eigenvalue weighted by Crippen LogP contribution is 2.18. The molecule has 0 aliphatic carbocycles. The summed E-state index contributed by atoms with van der Waals surface area (Å²) in [6, 6.07) is 7.63. The number of carbonyl (C=O) groups is 2. The second-order valence-corrected chi connectivity index (χ2v) is 6.80. The molecular weight excluding hydrogens is 318 g/mol. The molecule has 138 valence electrons. The van der Waals surface area contributed by atoms with Crippen molar-refractivity contribution < 1.29 is 14.3 Å². The maximum absolute atomic E-state index is 12.7. The first-order chi connectivity index (χ1) is 11.9. The molecule has 2 amide bonds. The van der Waals surface area contributed by atoms with Crippen molar-refractivity contribution in [1.29, 1.82) is 0 Å². The van der Waals surface area contributed by atoms with Crippen molar-refractivity contribution in [2.24, 2.45) is 11.7 Å². The van der Waals surface area contributed by atoms with Crippen LogP contribution >= 0.6 is 0 Å². The number of hydrogen-bond donors (Lipinski definition) is 1. The minimum atomic E-state index is -0.315. The van der Waals surface area contributed by atoms with Crippen molar-refractivity contribution in [2.75, 3.05) is 33.3 Å². The average molecular weight is 347 g/mol. The van der Waals surface area contributed by atoms with Gasteiger partial charge in [0.2, 0.25) is 11.8 Å². The minimum Gasteiger partial charge on any atom is -0.492 e. The zero-order valence-corrected chi connectivity index (χ0v) is 15.4. The molecule has 2 rings (SSSR count). The lowest BCUT2D eigenvalue weighted by atomic mass is 9.97. The van der Waals surface area contributed by atoms with Crippen molar-refractivity contribution in [3.05, 3.63) is 29.8 Å². The third kappa shape index (κ3) is 5.19. The van der Waals surface area contributed by atoms with Gasteiger partial charge in [0.1, 0.15) is 12.4 Å². The smallest absolute Gasteiger partial charge is 0.239 e. The Kier molecular flexibility index (Phi) is 6.82. The van der Waals surface area contributed by atoms with Crippen LogP contribution < -0.4 is 10.5 Å². The summed E-state index contributed by atoms with van der Waals surface area (Å²) < 4.78 is 5.80. The maximum atomic E-state index is 12.7. The van der Waals surface area contributed by atoms with Crippen LogP contribution in [0, 0.1) is 12.8 Å². The summed E-state index contributed by atoms with van der Waals surface area (Å²) in [5.74, 6) is 0.379. The van der Waals surface area contributed by atoms with E-state index in [0.717, 1.165) is 24.2 Å². The lowest BCUT2D eigenvalue weighted by Crippen LogP contribution is -2.51. The van der Waals surface area contributed by atoms with Crippen molar-refractivity contribution >= 4 is 11.8 Å². The number of piperidine rings is 1. The van der Waals surface area contributed by atoms with E-state index in [1.165, 1.54) is 0 Å². The van der Waals surface area contributed by atoms with Crippen LogP contribution in [0.1, 0.15) is 25.3 Å². The fraction of sp³-hybridized carbons (Fsp3) is 0.579. The Bertz CT molecular complexity index is 605. The summed E-state index contributed by atoms with van der Waals surface area (Å²) >= 11 is 0. The predicted octanol–water partition coefficient (Wildman–Crippen LogP) is 1.42. The van der Waals surface area contributed by atoms with Crippen molar-refractivity contribution in [2.45, 2.75) is 32.7 Å². The Morgan fingerprint density at radius 2 is 2.12 bits per heavy atom. The van der Waals surface area contributed by atoms with Crippen LogP contribution in [0.2, 0.25) is 0 Å². The molecule has 1 aliphatic heterocycles. The van der Waals surface area contributed by atoms with Crippen molar-refractivity contribution in [3.8, 4) is 5.75 Å². The molecule has 1 fully saturated rings. The highest BCUT2D eigenvalue weighted by atomic mass is 16.5. The number of ether oxygens (including phenoxy) is 1. The van der Waals surface area contributed by atoms with Crippen molar-refractivity contribution in [3.63, 3.8) is 0 Å². The Morgan fingerprint density at radius 3 is 2.80 bits per heavy atom. The first-order valence-corrected chi connectivity index (χ1v) is 8.87. The molecule has 0 saturated carbocycles. The van der Waals surface area contributed by atoms with Gasteiger partial charge in [-0.05, 0) is 45.4 Å². The van der Waals surface area contributed by atoms with Gasteiger partial charge in [-0.1, -0.05) is 18.2 Å². The Hall–Kier alpha value is -2.08. The summed E-state index contributed by atoms with van der Waals surface area (Å²) in [4.78, 5) is 27.8. The molecule has 0 radical (unpaired) electrons. The number of likely N-dealkylation sites (N-methyl/N-ethyl adjacent to an activating group) is 1. The van der Waals surface area contributed by atoms with Gasteiger partial charge < -0.3 is 15.4 Å². The number of benzene rings is 1. The van der Waals surface area contributed by atoms with Crippen LogP contribution in [0.4, 0.5) is 0 Å². The zero-order valence-electron chi connectivity index (χ0n) is 15.4. The van der Waals surface area contributed by atoms with Crippen LogP contribution in [0.25, 0.3) is 0 Å². The number of primary amides is 1. The van der Waals surface area contributed by atoms with E-state index in [1.54, 1.807) is 4.90 Å². The van der Waals surface area contributed by atoms with E-state index in [0.29, 0.717) is 26.2 Å². The summed E-state index contributed by atoms with van der Waals surface area (Å²) in [5.41, 5.74) is 6.49. The van der Waals surface area contributed by atoms with Crippen LogP contribution in [0.3, 0.4) is 0 Å². The number of likely N-dealkylation sites (tertiary alicyclic amines) is 1. The van der Waals surface area contributed by atoms with E-state index >= 15 is 0 Å². The number of rotatable bonds is 7. The minimum absolute atomic E-state index is 0.0457. The quantitative estimate of drug-likeness (QED) is 0.809. The number of nitrogens with zero attached hydrogens (tertiary/aromatic N) is 2. The third-order valence-electron chi connectivity index (χ3n) is 4.95. The molecule has 1 heterocycles. The fourth-order valence-electron chi connectivity index (χ4n) is 3.07. The molecule has 1 aromatic rings. The number of carbonyl (C=O) groups excluding carboxylic acids is 2. The van der Waals surface area contributed by atoms with Gasteiger partial charge in [0.25, 0.3) is 0 Å². The first kappa shape index (κ1) is 19.2. The molecule has 6 nitrogen and oxygen atoms in total. The van der Waals surface area contributed by atoms with E-state index in [1.807, 2.05) is 50.1 Å². The number of amides is 2. The van der Waals surface area contributed by atoms with Gasteiger partial charge in [-0.3, -0.25) is 14.5 Å². The number of hydrogen-bond acceptors (Lipinski definition) is 4. The molecule has 25 heavy (non-hydrogen) atoms. The third-order valence-corrected chi connectivity index (χ3v) is 4.95. The van der Waals surface area contributed by atoms with E-state index < -0.39 is 0 Å². The molecule has 0 bridgehead atoms. The largest absolute Gasteiger partial charge is 0.492 e. The highest BCUT2D eigenvalue weighted by Gasteiger charge is 2.30. The van der Waals surface area contributed by atoms with E-state index in [9.17, 15) is 9.59 Å². The average Bonchev–Trinajstić information content (AvgIpc) is 2.62. The van der Waals surface area contributed by atoms with Crippen LogP contribution in [0.15, 0.2) is 24.3 Å². The normalized spacial score (nSPS) is 18.9. The lowest BCUT2D eigenvalue weighted by Gasteiger charge is -2.35. The number of nitrogens with two attached hydrogens (primary N) is 1. The van der Waals surface area contributed by atoms with E-state index in [-0.39, 0.29) is 23.8 Å². The summed E-state index contributed by atoms with van der Waals surface area (Å²) in [6.07, 6.45) is 1.60. The second kappa shape index (κ2) is 8.85. The Labute approximate surface area is 149 Å². The molecule has 1 saturated heterocycles. The van der Waals surface area contributed by atoms with Crippen molar-refractivity contribution in [1.82, 2.24) is 9.80 Å². The molecule has 0 unspecified atom stereocenters. The van der Waals surface area contributed by atoms with Gasteiger partial charge in [0.05, 0.1) is 12.0 Å². The van der Waals surface area contributed by atoms with Crippen LogP contribution in [0.5, 0.6) is 5.75 Å². The topological polar surface area (TPSA) is 75.9 Å². The fourth-order valence-corrected chi connectivity index (χ4v) is 3.07. The molecular formula is C19H29N3O3. The van der Waals surface area contributed by atoms with Gasteiger partial charge >= 0.3 is 0 Å². The zero-order chi connectivity index (χ0) is 18.4. The molecule has 0 spiro atoms. The standard InChI is InChI=1S/C19H29N3O3/c1-14-7-4-5-9-17(14)25-12-11-21(3)15(2)19(24)22-10-6-8-16(13-22)18(20)23/h4-5,7,9,15-16H,6,8,10-13H2,1-3H3,(H2,20,23)/t15-,16-/m0/s1. The number of para-hydroxylation sites is 1. The first-order valence-electron chi connectivity index (χ1n) is 8.87. The van der Waals surface area contributed by atoms with E-state index in [2.05, 4.69) is 0 Å². The summed E-state index contributed by atoms with van der Waals surface area (Å²) in [5, 5.41) is 0. The molecule has 1 aromatic carbocycles. The molecule has 2 N–H and O–H groups in total. The molecule has 6 heteroatoms. The molecule has 0 aromatic heterocycles. The summed E-state index contributed by atoms with van der Waals surface area (Å²) in [6.45, 7) is 6.20. The van der Waals surface area contributed by atoms with Gasteiger partial charge in [-0.25, -0.2) is 0 Å². The van der Waals surface area contributed by atoms with E-state index in [4.69, 9.17) is 10.5 Å². The van der Waals surface area contributed by atoms with Crippen LogP contribution in [-0.4, -0.2) is 60.9 Å². The molecule has 2 atom stereocenters. The van der Waals surface area contributed by atoms with Crippen LogP contribution in [-0.2, 0) is 9.59 Å². The predicted molar refractivity (Wildman–Crippen MR) is 97.3 cm³/mol. The second-order valence-electron chi connectivity index (χ2n) is 6.80. The van der Waals surface area contributed by atoms with Gasteiger partial charge in [-0.2, -0.15) is 0 Å². The Morgan fingerprint density at radius 1 is 1.40 bits per heavy atom. The van der Waals surface area contributed by atoms with Gasteiger partial charge in [0, 0.05) is 19.6 Å². The van der Waals surface area contributed by atoms with Gasteiger partial charge in [-0.15, -0.1) is 0 Å². The monoisotopic (exact) mass is 347 g/mol.